The van der Waals surface area contributed by atoms with Gasteiger partial charge in [0.25, 0.3) is 0 Å². The minimum Gasteiger partial charge on any atom is -0.496 e. The lowest BCUT2D eigenvalue weighted by atomic mass is 9.94. The average Bonchev–Trinajstić information content (AvgIpc) is 3.21. The SMILES string of the molecule is CC[C@H]1CSC2=N[C@H](c3ccccn3)[C@@H](c3cc(Cl)ccc3OC)N21. The number of aliphatic imine (C=N–C) groups is 1. The van der Waals surface area contributed by atoms with Crippen LogP contribution in [0.1, 0.15) is 36.7 Å². The van der Waals surface area contributed by atoms with Gasteiger partial charge in [-0.05, 0) is 36.8 Å². The molecule has 2 aliphatic heterocycles. The molecule has 1 aromatic carbocycles. The molecule has 6 heteroatoms. The van der Waals surface area contributed by atoms with Crippen molar-refractivity contribution in [3.8, 4) is 5.75 Å². The lowest BCUT2D eigenvalue weighted by Crippen LogP contribution is -2.35. The van der Waals surface area contributed by atoms with E-state index in [1.165, 1.54) is 0 Å². The summed E-state index contributed by atoms with van der Waals surface area (Å²) in [7, 11) is 1.70. The highest BCUT2D eigenvalue weighted by molar-refractivity contribution is 8.14. The number of ether oxygens (including phenoxy) is 1. The van der Waals surface area contributed by atoms with Crippen LogP contribution < -0.4 is 4.74 Å². The molecule has 2 aromatic rings. The molecule has 4 nitrogen and oxygen atoms in total. The van der Waals surface area contributed by atoms with Crippen LogP contribution in [0.4, 0.5) is 0 Å². The van der Waals surface area contributed by atoms with Crippen LogP contribution in [-0.4, -0.2) is 34.0 Å². The Balaban J connectivity index is 1.85. The van der Waals surface area contributed by atoms with Crippen molar-refractivity contribution in [3.63, 3.8) is 0 Å². The molecule has 0 N–H and O–H groups in total. The Labute approximate surface area is 157 Å². The lowest BCUT2D eigenvalue weighted by molar-refractivity contribution is 0.249. The molecule has 25 heavy (non-hydrogen) atoms. The molecule has 3 atom stereocenters. The number of rotatable bonds is 4. The van der Waals surface area contributed by atoms with Crippen molar-refractivity contribution in [2.24, 2.45) is 4.99 Å². The van der Waals surface area contributed by atoms with Crippen molar-refractivity contribution < 1.29 is 4.74 Å². The summed E-state index contributed by atoms with van der Waals surface area (Å²) in [5.41, 5.74) is 2.05. The van der Waals surface area contributed by atoms with Crippen LogP contribution in [0, 0.1) is 0 Å². The maximum absolute atomic E-state index is 6.33. The first-order valence-corrected chi connectivity index (χ1v) is 9.82. The van der Waals surface area contributed by atoms with Gasteiger partial charge in [0.1, 0.15) is 11.8 Å². The van der Waals surface area contributed by atoms with Crippen LogP contribution in [0.3, 0.4) is 0 Å². The van der Waals surface area contributed by atoms with Crippen LogP contribution in [0.15, 0.2) is 47.6 Å². The van der Waals surface area contributed by atoms with Gasteiger partial charge in [-0.1, -0.05) is 36.4 Å². The van der Waals surface area contributed by atoms with Gasteiger partial charge in [0.05, 0.1) is 18.8 Å². The van der Waals surface area contributed by atoms with Crippen LogP contribution in [0.5, 0.6) is 5.75 Å². The Kier molecular flexibility index (Phi) is 4.61. The molecule has 0 bridgehead atoms. The Morgan fingerprint density at radius 2 is 2.20 bits per heavy atom. The first-order valence-electron chi connectivity index (χ1n) is 8.46. The predicted molar refractivity (Wildman–Crippen MR) is 104 cm³/mol. The van der Waals surface area contributed by atoms with Crippen molar-refractivity contribution in [1.29, 1.82) is 0 Å². The van der Waals surface area contributed by atoms with E-state index in [0.29, 0.717) is 11.1 Å². The van der Waals surface area contributed by atoms with Gasteiger partial charge in [-0.2, -0.15) is 0 Å². The highest BCUT2D eigenvalue weighted by Crippen LogP contribution is 2.50. The zero-order chi connectivity index (χ0) is 17.4. The zero-order valence-electron chi connectivity index (χ0n) is 14.2. The second-order valence-electron chi connectivity index (χ2n) is 6.22. The summed E-state index contributed by atoms with van der Waals surface area (Å²) < 4.78 is 5.65. The quantitative estimate of drug-likeness (QED) is 0.776. The maximum atomic E-state index is 6.33. The normalized spacial score (nSPS) is 25.0. The highest BCUT2D eigenvalue weighted by atomic mass is 35.5. The van der Waals surface area contributed by atoms with Crippen LogP contribution >= 0.6 is 23.4 Å². The maximum Gasteiger partial charge on any atom is 0.160 e. The summed E-state index contributed by atoms with van der Waals surface area (Å²) in [6, 6.07) is 12.3. The number of halogens is 1. The van der Waals surface area contributed by atoms with Crippen molar-refractivity contribution in [1.82, 2.24) is 9.88 Å². The number of methoxy groups -OCH3 is 1. The lowest BCUT2D eigenvalue weighted by Gasteiger charge is -2.32. The Hall–Kier alpha value is -1.72. The van der Waals surface area contributed by atoms with Gasteiger partial charge < -0.3 is 9.64 Å². The molecule has 0 aliphatic carbocycles. The second kappa shape index (κ2) is 6.89. The van der Waals surface area contributed by atoms with Gasteiger partial charge >= 0.3 is 0 Å². The van der Waals surface area contributed by atoms with E-state index in [0.717, 1.165) is 34.3 Å². The molecular formula is C19H20ClN3OS. The predicted octanol–water partition coefficient (Wildman–Crippen LogP) is 4.72. The fourth-order valence-corrected chi connectivity index (χ4v) is 5.14. The number of hydrogen-bond donors (Lipinski definition) is 0. The summed E-state index contributed by atoms with van der Waals surface area (Å²) in [4.78, 5) is 12.0. The molecule has 130 valence electrons. The molecule has 0 unspecified atom stereocenters. The van der Waals surface area contributed by atoms with Gasteiger partial charge in [-0.3, -0.25) is 9.98 Å². The summed E-state index contributed by atoms with van der Waals surface area (Å²) in [5, 5.41) is 1.82. The third-order valence-corrected chi connectivity index (χ3v) is 6.20. The number of aromatic nitrogens is 1. The molecule has 1 fully saturated rings. The molecule has 4 rings (SSSR count). The molecule has 0 amide bonds. The summed E-state index contributed by atoms with van der Waals surface area (Å²) in [6.45, 7) is 2.23. The first kappa shape index (κ1) is 16.7. The van der Waals surface area contributed by atoms with Gasteiger partial charge in [-0.15, -0.1) is 0 Å². The third-order valence-electron chi connectivity index (χ3n) is 4.84. The van der Waals surface area contributed by atoms with E-state index in [2.05, 4.69) is 16.8 Å². The van der Waals surface area contributed by atoms with Gasteiger partial charge in [0.2, 0.25) is 0 Å². The number of benzene rings is 1. The second-order valence-corrected chi connectivity index (χ2v) is 7.65. The van der Waals surface area contributed by atoms with Crippen LogP contribution in [0.25, 0.3) is 0 Å². The molecule has 3 heterocycles. The number of nitrogens with zero attached hydrogens (tertiary/aromatic N) is 3. The van der Waals surface area contributed by atoms with E-state index in [-0.39, 0.29) is 12.1 Å². The fraction of sp³-hybridized carbons (Fsp3) is 0.368. The minimum atomic E-state index is -0.0505. The molecule has 0 spiro atoms. The summed E-state index contributed by atoms with van der Waals surface area (Å²) >= 11 is 8.16. The minimum absolute atomic E-state index is 0.0505. The number of amidine groups is 1. The largest absolute Gasteiger partial charge is 0.496 e. The van der Waals surface area contributed by atoms with E-state index in [4.69, 9.17) is 21.3 Å². The Morgan fingerprint density at radius 3 is 2.92 bits per heavy atom. The van der Waals surface area contributed by atoms with E-state index < -0.39 is 0 Å². The summed E-state index contributed by atoms with van der Waals surface area (Å²) in [5.74, 6) is 1.92. The number of pyridine rings is 1. The molecular weight excluding hydrogens is 354 g/mol. The van der Waals surface area contributed by atoms with E-state index >= 15 is 0 Å². The number of hydrogen-bond acceptors (Lipinski definition) is 5. The zero-order valence-corrected chi connectivity index (χ0v) is 15.8. The Morgan fingerprint density at radius 1 is 1.32 bits per heavy atom. The van der Waals surface area contributed by atoms with E-state index in [9.17, 15) is 0 Å². The molecule has 2 aliphatic rings. The van der Waals surface area contributed by atoms with Crippen LogP contribution in [-0.2, 0) is 0 Å². The average molecular weight is 374 g/mol. The smallest absolute Gasteiger partial charge is 0.160 e. The standard InChI is InChI=1S/C19H20ClN3OS/c1-3-13-11-25-19-22-17(15-6-4-5-9-21-15)18(23(13)19)14-10-12(20)7-8-16(14)24-2/h4-10,13,17-18H,3,11H2,1-2H3/t13-,17+,18+/m0/s1. The van der Waals surface area contributed by atoms with Gasteiger partial charge in [0.15, 0.2) is 5.17 Å². The molecule has 1 aromatic heterocycles. The highest BCUT2D eigenvalue weighted by Gasteiger charge is 2.46. The Bertz CT molecular complexity index is 799. The molecule has 0 saturated carbocycles. The van der Waals surface area contributed by atoms with Crippen molar-refractivity contribution in [2.75, 3.05) is 12.9 Å². The number of thioether (sulfide) groups is 1. The van der Waals surface area contributed by atoms with E-state index in [1.807, 2.05) is 54.4 Å². The fourth-order valence-electron chi connectivity index (χ4n) is 3.62. The van der Waals surface area contributed by atoms with E-state index in [1.54, 1.807) is 7.11 Å². The topological polar surface area (TPSA) is 37.7 Å². The van der Waals surface area contributed by atoms with Gasteiger partial charge in [0, 0.05) is 28.6 Å². The monoisotopic (exact) mass is 373 g/mol. The summed E-state index contributed by atoms with van der Waals surface area (Å²) in [6.07, 6.45) is 2.91. The van der Waals surface area contributed by atoms with Crippen LogP contribution in [0.2, 0.25) is 5.02 Å². The molecule has 1 saturated heterocycles. The van der Waals surface area contributed by atoms with Crippen molar-refractivity contribution >= 4 is 28.5 Å². The van der Waals surface area contributed by atoms with Crippen molar-refractivity contribution in [3.05, 3.63) is 58.9 Å². The molecule has 0 radical (unpaired) electrons. The number of fused-ring (bicyclic) bond motifs is 1. The third kappa shape index (κ3) is 2.89. The van der Waals surface area contributed by atoms with Gasteiger partial charge in [-0.25, -0.2) is 0 Å². The van der Waals surface area contributed by atoms with Crippen molar-refractivity contribution in [2.45, 2.75) is 31.5 Å². The first-order chi connectivity index (χ1) is 12.2.